The van der Waals surface area contributed by atoms with E-state index in [4.69, 9.17) is 5.11 Å². The summed E-state index contributed by atoms with van der Waals surface area (Å²) in [5.74, 6) is -1.21. The second-order valence-electron chi connectivity index (χ2n) is 4.87. The quantitative estimate of drug-likeness (QED) is 0.922. The van der Waals surface area contributed by atoms with Crippen LogP contribution in [0.15, 0.2) is 23.7 Å². The third-order valence-corrected chi connectivity index (χ3v) is 4.47. The van der Waals surface area contributed by atoms with Crippen LogP contribution in [0, 0.1) is 0 Å². The molecule has 0 bridgehead atoms. The first-order valence-corrected chi connectivity index (χ1v) is 7.49. The fourth-order valence-corrected chi connectivity index (χ4v) is 3.42. The van der Waals surface area contributed by atoms with Gasteiger partial charge in [0.1, 0.15) is 6.54 Å². The van der Waals surface area contributed by atoms with E-state index in [-0.39, 0.29) is 24.2 Å². The summed E-state index contributed by atoms with van der Waals surface area (Å²) in [4.78, 5) is 26.2. The van der Waals surface area contributed by atoms with Crippen molar-refractivity contribution in [3.63, 3.8) is 0 Å². The molecule has 1 fully saturated rings. The molecule has 0 spiro atoms. The topological polar surface area (TPSA) is 88.3 Å². The molecular formula is C13H14N4O3S. The maximum absolute atomic E-state index is 12.4. The van der Waals surface area contributed by atoms with Gasteiger partial charge >= 0.3 is 5.97 Å². The molecule has 3 heterocycles. The van der Waals surface area contributed by atoms with Crippen LogP contribution in [-0.4, -0.2) is 43.4 Å². The van der Waals surface area contributed by atoms with Gasteiger partial charge in [-0.05, 0) is 24.3 Å². The molecule has 1 amide bonds. The fraction of sp³-hybridized carbons (Fsp3) is 0.385. The van der Waals surface area contributed by atoms with Crippen LogP contribution in [0.5, 0.6) is 0 Å². The number of amides is 1. The number of aromatic nitrogens is 3. The molecule has 3 rings (SSSR count). The summed E-state index contributed by atoms with van der Waals surface area (Å²) in [5.41, 5.74) is -0.154. The minimum absolute atomic E-state index is 0.0160. The Labute approximate surface area is 124 Å². The van der Waals surface area contributed by atoms with Crippen molar-refractivity contribution < 1.29 is 14.7 Å². The Balaban J connectivity index is 1.70. The van der Waals surface area contributed by atoms with Crippen molar-refractivity contribution >= 4 is 23.2 Å². The van der Waals surface area contributed by atoms with E-state index in [0.717, 1.165) is 19.4 Å². The van der Waals surface area contributed by atoms with Gasteiger partial charge in [0.25, 0.3) is 0 Å². The molecule has 1 aliphatic rings. The predicted molar refractivity (Wildman–Crippen MR) is 75.0 cm³/mol. The number of carbonyl (C=O) groups excluding carboxylic acids is 1. The molecule has 0 aliphatic carbocycles. The number of hydrogen-bond acceptors (Lipinski definition) is 5. The lowest BCUT2D eigenvalue weighted by Crippen LogP contribution is -2.33. The molecule has 110 valence electrons. The van der Waals surface area contributed by atoms with Crippen molar-refractivity contribution in [1.82, 2.24) is 19.9 Å². The molecule has 0 aromatic carbocycles. The normalized spacial score (nSPS) is 18.1. The lowest BCUT2D eigenvalue weighted by atomic mass is 10.2. The maximum Gasteiger partial charge on any atom is 0.358 e. The Morgan fingerprint density at radius 1 is 1.48 bits per heavy atom. The van der Waals surface area contributed by atoms with Gasteiger partial charge in [0.15, 0.2) is 5.69 Å². The summed E-state index contributed by atoms with van der Waals surface area (Å²) < 4.78 is 1.27. The minimum atomic E-state index is -1.15. The van der Waals surface area contributed by atoms with Gasteiger partial charge < -0.3 is 10.0 Å². The van der Waals surface area contributed by atoms with Gasteiger partial charge in [0.2, 0.25) is 5.91 Å². The number of likely N-dealkylation sites (tertiary alicyclic amines) is 1. The van der Waals surface area contributed by atoms with E-state index in [1.165, 1.54) is 15.8 Å². The van der Waals surface area contributed by atoms with Crippen molar-refractivity contribution in [1.29, 1.82) is 0 Å². The maximum atomic E-state index is 12.4. The van der Waals surface area contributed by atoms with Crippen LogP contribution in [0.25, 0.3) is 0 Å². The summed E-state index contributed by atoms with van der Waals surface area (Å²) >= 11 is 1.65. The molecule has 1 saturated heterocycles. The van der Waals surface area contributed by atoms with Gasteiger partial charge in [0, 0.05) is 11.4 Å². The van der Waals surface area contributed by atoms with Crippen LogP contribution in [0.2, 0.25) is 0 Å². The first-order chi connectivity index (χ1) is 10.1. The van der Waals surface area contributed by atoms with E-state index in [1.807, 2.05) is 22.4 Å². The molecule has 1 atom stereocenters. The molecule has 21 heavy (non-hydrogen) atoms. The van der Waals surface area contributed by atoms with E-state index in [1.54, 1.807) is 11.3 Å². The second-order valence-corrected chi connectivity index (χ2v) is 5.85. The molecule has 1 N–H and O–H groups in total. The number of thiophene rings is 1. The highest BCUT2D eigenvalue weighted by Gasteiger charge is 2.30. The summed E-state index contributed by atoms with van der Waals surface area (Å²) in [5, 5.41) is 18.0. The van der Waals surface area contributed by atoms with Crippen molar-refractivity contribution in [3.05, 3.63) is 34.3 Å². The van der Waals surface area contributed by atoms with E-state index >= 15 is 0 Å². The van der Waals surface area contributed by atoms with E-state index < -0.39 is 5.97 Å². The van der Waals surface area contributed by atoms with Crippen molar-refractivity contribution in [2.75, 3.05) is 6.54 Å². The summed E-state index contributed by atoms with van der Waals surface area (Å²) in [6.07, 6.45) is 3.21. The van der Waals surface area contributed by atoms with Crippen molar-refractivity contribution in [2.24, 2.45) is 0 Å². The lowest BCUT2D eigenvalue weighted by molar-refractivity contribution is -0.133. The number of hydrogen-bond donors (Lipinski definition) is 1. The Hall–Kier alpha value is -2.22. The van der Waals surface area contributed by atoms with Crippen molar-refractivity contribution in [2.45, 2.75) is 25.4 Å². The Morgan fingerprint density at radius 3 is 3.00 bits per heavy atom. The third-order valence-electron chi connectivity index (χ3n) is 3.50. The SMILES string of the molecule is O=C(O)c1cn(CC(=O)N2CCCC2c2cccs2)nn1. The van der Waals surface area contributed by atoms with E-state index in [9.17, 15) is 9.59 Å². The summed E-state index contributed by atoms with van der Waals surface area (Å²) in [6.45, 7) is 0.740. The van der Waals surface area contributed by atoms with Crippen LogP contribution < -0.4 is 0 Å². The molecule has 1 aliphatic heterocycles. The molecule has 2 aromatic rings. The van der Waals surface area contributed by atoms with Crippen LogP contribution in [-0.2, 0) is 11.3 Å². The zero-order valence-electron chi connectivity index (χ0n) is 11.2. The number of carboxylic acids is 1. The van der Waals surface area contributed by atoms with Gasteiger partial charge in [-0.25, -0.2) is 9.48 Å². The van der Waals surface area contributed by atoms with Gasteiger partial charge in [0.05, 0.1) is 12.2 Å². The van der Waals surface area contributed by atoms with Crippen LogP contribution in [0.3, 0.4) is 0 Å². The number of carbonyl (C=O) groups is 2. The summed E-state index contributed by atoms with van der Waals surface area (Å²) in [7, 11) is 0. The molecule has 0 saturated carbocycles. The number of aromatic carboxylic acids is 1. The monoisotopic (exact) mass is 306 g/mol. The molecule has 1 unspecified atom stereocenters. The smallest absolute Gasteiger partial charge is 0.358 e. The number of rotatable bonds is 4. The average Bonchev–Trinajstić information content (AvgIpc) is 3.19. The Bertz CT molecular complexity index is 652. The molecular weight excluding hydrogens is 292 g/mol. The fourth-order valence-electron chi connectivity index (χ4n) is 2.54. The van der Waals surface area contributed by atoms with Crippen LogP contribution in [0.4, 0.5) is 0 Å². The average molecular weight is 306 g/mol. The lowest BCUT2D eigenvalue weighted by Gasteiger charge is -2.23. The predicted octanol–water partition coefficient (Wildman–Crippen LogP) is 1.40. The highest BCUT2D eigenvalue weighted by Crippen LogP contribution is 2.34. The number of carboxylic acid groups (broad SMARTS) is 1. The Kier molecular flexibility index (Phi) is 3.70. The zero-order valence-corrected chi connectivity index (χ0v) is 12.0. The molecule has 7 nitrogen and oxygen atoms in total. The number of nitrogens with zero attached hydrogens (tertiary/aromatic N) is 4. The largest absolute Gasteiger partial charge is 0.476 e. The standard InChI is InChI=1S/C13H14N4O3S/c18-12(8-16-7-9(13(19)20)14-15-16)17-5-1-3-10(17)11-4-2-6-21-11/h2,4,6-7,10H,1,3,5,8H2,(H,19,20). The van der Waals surface area contributed by atoms with Crippen molar-refractivity contribution in [3.8, 4) is 0 Å². The summed E-state index contributed by atoms with van der Waals surface area (Å²) in [6, 6.07) is 4.15. The van der Waals surface area contributed by atoms with Gasteiger partial charge in [-0.3, -0.25) is 4.79 Å². The highest BCUT2D eigenvalue weighted by atomic mass is 32.1. The third kappa shape index (κ3) is 2.80. The van der Waals surface area contributed by atoms with Crippen LogP contribution in [0.1, 0.15) is 34.2 Å². The van der Waals surface area contributed by atoms with Crippen LogP contribution >= 0.6 is 11.3 Å². The van der Waals surface area contributed by atoms with Gasteiger partial charge in [-0.1, -0.05) is 11.3 Å². The second kappa shape index (κ2) is 5.65. The molecule has 8 heteroatoms. The minimum Gasteiger partial charge on any atom is -0.476 e. The molecule has 2 aromatic heterocycles. The zero-order chi connectivity index (χ0) is 14.8. The van der Waals surface area contributed by atoms with E-state index in [0.29, 0.717) is 0 Å². The first-order valence-electron chi connectivity index (χ1n) is 6.61. The first kappa shape index (κ1) is 13.7. The van der Waals surface area contributed by atoms with Gasteiger partial charge in [-0.2, -0.15) is 0 Å². The Morgan fingerprint density at radius 2 is 2.33 bits per heavy atom. The highest BCUT2D eigenvalue weighted by molar-refractivity contribution is 7.10. The molecule has 0 radical (unpaired) electrons. The van der Waals surface area contributed by atoms with E-state index in [2.05, 4.69) is 10.3 Å². The van der Waals surface area contributed by atoms with Gasteiger partial charge in [-0.15, -0.1) is 16.4 Å².